The summed E-state index contributed by atoms with van der Waals surface area (Å²) in [6, 6.07) is 0. The first-order valence-electron chi connectivity index (χ1n) is 6.90. The summed E-state index contributed by atoms with van der Waals surface area (Å²) in [5, 5.41) is 17.6. The number of nitrogens with zero attached hydrogens (tertiary/aromatic N) is 4. The van der Waals surface area contributed by atoms with Gasteiger partial charge in [0.05, 0.1) is 12.3 Å². The standard InChI is InChI=1S/C13H25N5O/c1-16(8-12-7-15-17(2)9-12)10-13(19)11-18-5-3-14-4-6-18/h7,9,13-14,19H,3-6,8,10-11H2,1-2H3. The van der Waals surface area contributed by atoms with E-state index >= 15 is 0 Å². The Labute approximate surface area is 115 Å². The van der Waals surface area contributed by atoms with Crippen molar-refractivity contribution >= 4 is 0 Å². The van der Waals surface area contributed by atoms with Crippen LogP contribution in [0.2, 0.25) is 0 Å². The van der Waals surface area contributed by atoms with E-state index < -0.39 is 0 Å². The third kappa shape index (κ3) is 4.91. The Hall–Kier alpha value is -0.950. The van der Waals surface area contributed by atoms with Crippen molar-refractivity contribution in [1.82, 2.24) is 24.9 Å². The van der Waals surface area contributed by atoms with Crippen LogP contribution in [-0.2, 0) is 13.6 Å². The molecule has 0 saturated carbocycles. The van der Waals surface area contributed by atoms with Gasteiger partial charge in [-0.25, -0.2) is 0 Å². The van der Waals surface area contributed by atoms with Gasteiger partial charge in [-0.05, 0) is 7.05 Å². The molecule has 6 heteroatoms. The van der Waals surface area contributed by atoms with Crippen LogP contribution < -0.4 is 5.32 Å². The van der Waals surface area contributed by atoms with Crippen LogP contribution in [0.4, 0.5) is 0 Å². The molecule has 0 aromatic carbocycles. The van der Waals surface area contributed by atoms with Gasteiger partial charge in [0, 0.05) is 64.6 Å². The third-order valence-electron chi connectivity index (χ3n) is 3.41. The topological polar surface area (TPSA) is 56.6 Å². The number of hydrogen-bond acceptors (Lipinski definition) is 5. The normalized spacial score (nSPS) is 18.9. The fraction of sp³-hybridized carbons (Fsp3) is 0.769. The van der Waals surface area contributed by atoms with Crippen LogP contribution in [0, 0.1) is 0 Å². The molecule has 2 N–H and O–H groups in total. The minimum absolute atomic E-state index is 0.292. The highest BCUT2D eigenvalue weighted by Crippen LogP contribution is 2.03. The van der Waals surface area contributed by atoms with Gasteiger partial charge in [-0.1, -0.05) is 0 Å². The molecule has 2 rings (SSSR count). The summed E-state index contributed by atoms with van der Waals surface area (Å²) in [4.78, 5) is 4.46. The highest BCUT2D eigenvalue weighted by atomic mass is 16.3. The Morgan fingerprint density at radius 1 is 1.47 bits per heavy atom. The van der Waals surface area contributed by atoms with E-state index in [1.165, 1.54) is 5.56 Å². The van der Waals surface area contributed by atoms with E-state index in [9.17, 15) is 5.11 Å². The number of aryl methyl sites for hydroxylation is 1. The Balaban J connectivity index is 1.70. The molecule has 1 aliphatic heterocycles. The van der Waals surface area contributed by atoms with Gasteiger partial charge in [0.15, 0.2) is 0 Å². The molecule has 6 nitrogen and oxygen atoms in total. The number of aliphatic hydroxyl groups excluding tert-OH is 1. The van der Waals surface area contributed by atoms with Gasteiger partial charge < -0.3 is 10.4 Å². The Morgan fingerprint density at radius 3 is 2.84 bits per heavy atom. The molecule has 0 amide bonds. The molecule has 108 valence electrons. The van der Waals surface area contributed by atoms with Gasteiger partial charge in [0.2, 0.25) is 0 Å². The first kappa shape index (κ1) is 14.5. The van der Waals surface area contributed by atoms with Crippen LogP contribution in [0.5, 0.6) is 0 Å². The van der Waals surface area contributed by atoms with E-state index in [2.05, 4.69) is 20.2 Å². The Kier molecular flexibility index (Phi) is 5.33. The highest BCUT2D eigenvalue weighted by Gasteiger charge is 2.15. The van der Waals surface area contributed by atoms with Gasteiger partial charge in [0.1, 0.15) is 0 Å². The van der Waals surface area contributed by atoms with E-state index in [0.29, 0.717) is 6.54 Å². The van der Waals surface area contributed by atoms with Crippen molar-refractivity contribution in [2.24, 2.45) is 7.05 Å². The van der Waals surface area contributed by atoms with Crippen LogP contribution in [0.25, 0.3) is 0 Å². The third-order valence-corrected chi connectivity index (χ3v) is 3.41. The fourth-order valence-electron chi connectivity index (χ4n) is 2.54. The van der Waals surface area contributed by atoms with Crippen molar-refractivity contribution in [1.29, 1.82) is 0 Å². The summed E-state index contributed by atoms with van der Waals surface area (Å²) >= 11 is 0. The smallest absolute Gasteiger partial charge is 0.0793 e. The first-order chi connectivity index (χ1) is 9.13. The summed E-state index contributed by atoms with van der Waals surface area (Å²) in [6.07, 6.45) is 3.60. The van der Waals surface area contributed by atoms with E-state index in [4.69, 9.17) is 0 Å². The van der Waals surface area contributed by atoms with E-state index in [-0.39, 0.29) is 6.10 Å². The van der Waals surface area contributed by atoms with E-state index in [1.54, 1.807) is 4.68 Å². The lowest BCUT2D eigenvalue weighted by atomic mass is 10.2. The maximum Gasteiger partial charge on any atom is 0.0793 e. The number of β-amino-alcohol motifs (C(OH)–C–C–N with tert-alkyl or cyclic N) is 1. The van der Waals surface area contributed by atoms with Gasteiger partial charge >= 0.3 is 0 Å². The second kappa shape index (κ2) is 7.00. The van der Waals surface area contributed by atoms with E-state index in [0.717, 1.165) is 39.3 Å². The van der Waals surface area contributed by atoms with Crippen molar-refractivity contribution in [2.45, 2.75) is 12.6 Å². The minimum atomic E-state index is -0.292. The molecule has 1 unspecified atom stereocenters. The lowest BCUT2D eigenvalue weighted by Gasteiger charge is -2.30. The molecule has 1 aromatic rings. The SMILES string of the molecule is CN(Cc1cnn(C)c1)CC(O)CN1CCNCC1. The molecule has 2 heterocycles. The number of nitrogens with one attached hydrogen (secondary N) is 1. The van der Waals surface area contributed by atoms with Crippen LogP contribution >= 0.6 is 0 Å². The molecule has 1 aromatic heterocycles. The monoisotopic (exact) mass is 267 g/mol. The molecule has 0 spiro atoms. The van der Waals surface area contributed by atoms with Crippen LogP contribution in [0.1, 0.15) is 5.56 Å². The molecule has 0 radical (unpaired) electrons. The quantitative estimate of drug-likeness (QED) is 0.701. The lowest BCUT2D eigenvalue weighted by molar-refractivity contribution is 0.0752. The minimum Gasteiger partial charge on any atom is -0.390 e. The van der Waals surface area contributed by atoms with Gasteiger partial charge in [-0.3, -0.25) is 14.5 Å². The summed E-state index contributed by atoms with van der Waals surface area (Å²) in [7, 11) is 3.96. The number of aliphatic hydroxyl groups is 1. The molecule has 1 atom stereocenters. The number of hydrogen-bond donors (Lipinski definition) is 2. The zero-order valence-corrected chi connectivity index (χ0v) is 11.9. The average Bonchev–Trinajstić information content (AvgIpc) is 2.75. The van der Waals surface area contributed by atoms with Crippen LogP contribution in [0.15, 0.2) is 12.4 Å². The van der Waals surface area contributed by atoms with Crippen molar-refractivity contribution in [2.75, 3.05) is 46.3 Å². The molecule has 1 aliphatic rings. The van der Waals surface area contributed by atoms with Gasteiger partial charge in [0.25, 0.3) is 0 Å². The van der Waals surface area contributed by atoms with Crippen molar-refractivity contribution in [3.05, 3.63) is 18.0 Å². The predicted molar refractivity (Wildman–Crippen MR) is 74.9 cm³/mol. The number of aromatic nitrogens is 2. The fourth-order valence-corrected chi connectivity index (χ4v) is 2.54. The molecular weight excluding hydrogens is 242 g/mol. The Bertz CT molecular complexity index is 375. The summed E-state index contributed by atoms with van der Waals surface area (Å²) < 4.78 is 1.81. The largest absolute Gasteiger partial charge is 0.390 e. The zero-order valence-electron chi connectivity index (χ0n) is 11.9. The maximum absolute atomic E-state index is 10.1. The van der Waals surface area contributed by atoms with Crippen molar-refractivity contribution < 1.29 is 5.11 Å². The highest BCUT2D eigenvalue weighted by molar-refractivity contribution is 5.03. The molecular formula is C13H25N5O. The molecule has 19 heavy (non-hydrogen) atoms. The summed E-state index contributed by atoms with van der Waals surface area (Å²) in [5.41, 5.74) is 1.18. The second-order valence-electron chi connectivity index (χ2n) is 5.42. The first-order valence-corrected chi connectivity index (χ1v) is 6.90. The predicted octanol–water partition coefficient (Wildman–Crippen LogP) is -0.882. The molecule has 0 bridgehead atoms. The van der Waals surface area contributed by atoms with Crippen LogP contribution in [-0.4, -0.2) is 77.1 Å². The van der Waals surface area contributed by atoms with Crippen LogP contribution in [0.3, 0.4) is 0 Å². The number of likely N-dealkylation sites (N-methyl/N-ethyl adjacent to an activating group) is 1. The number of rotatable bonds is 6. The molecule has 0 aliphatic carbocycles. The second-order valence-corrected chi connectivity index (χ2v) is 5.42. The van der Waals surface area contributed by atoms with E-state index in [1.807, 2.05) is 26.5 Å². The maximum atomic E-state index is 10.1. The zero-order chi connectivity index (χ0) is 13.7. The van der Waals surface area contributed by atoms with Gasteiger partial charge in [-0.2, -0.15) is 5.10 Å². The number of piperazine rings is 1. The summed E-state index contributed by atoms with van der Waals surface area (Å²) in [5.74, 6) is 0. The van der Waals surface area contributed by atoms with Crippen molar-refractivity contribution in [3.8, 4) is 0 Å². The molecule has 1 fully saturated rings. The van der Waals surface area contributed by atoms with Gasteiger partial charge in [-0.15, -0.1) is 0 Å². The average molecular weight is 267 g/mol. The molecule has 1 saturated heterocycles. The summed E-state index contributed by atoms with van der Waals surface area (Å²) in [6.45, 7) is 6.40. The Morgan fingerprint density at radius 2 is 2.21 bits per heavy atom. The lowest BCUT2D eigenvalue weighted by Crippen LogP contribution is -2.47. The van der Waals surface area contributed by atoms with Crippen molar-refractivity contribution in [3.63, 3.8) is 0 Å².